The molecular formula is C14H23N3O. The minimum atomic E-state index is 0.322. The monoisotopic (exact) mass is 249 g/mol. The third-order valence-corrected chi connectivity index (χ3v) is 3.08. The van der Waals surface area contributed by atoms with Crippen molar-refractivity contribution in [2.24, 2.45) is 0 Å². The molecule has 1 aromatic rings. The Kier molecular flexibility index (Phi) is 4.55. The fourth-order valence-electron chi connectivity index (χ4n) is 2.48. The standard InChI is InChI=1S/C14H23N3O/c1-4-15-14-6-5-13(7-16-14)10-17-8-11(2)18-12(3)9-17/h5-7,11-12H,4,8-10H2,1-3H3,(H,15,16)/t11-,12+. The summed E-state index contributed by atoms with van der Waals surface area (Å²) in [6.45, 7) is 10.2. The molecule has 1 N–H and O–H groups in total. The van der Waals surface area contributed by atoms with E-state index < -0.39 is 0 Å². The quantitative estimate of drug-likeness (QED) is 0.887. The molecule has 0 aliphatic carbocycles. The van der Waals surface area contributed by atoms with E-state index in [1.807, 2.05) is 12.3 Å². The van der Waals surface area contributed by atoms with Crippen LogP contribution in [0.1, 0.15) is 26.3 Å². The largest absolute Gasteiger partial charge is 0.373 e. The van der Waals surface area contributed by atoms with Crippen LogP contribution in [0, 0.1) is 0 Å². The number of nitrogens with zero attached hydrogens (tertiary/aromatic N) is 2. The van der Waals surface area contributed by atoms with E-state index in [4.69, 9.17) is 4.74 Å². The first-order valence-electron chi connectivity index (χ1n) is 6.74. The van der Waals surface area contributed by atoms with E-state index in [2.05, 4.69) is 42.0 Å². The van der Waals surface area contributed by atoms with E-state index >= 15 is 0 Å². The van der Waals surface area contributed by atoms with Crippen molar-refractivity contribution in [1.29, 1.82) is 0 Å². The average Bonchev–Trinajstić information content (AvgIpc) is 2.31. The molecule has 0 saturated carbocycles. The van der Waals surface area contributed by atoms with Crippen LogP contribution in [0.15, 0.2) is 18.3 Å². The number of morpholine rings is 1. The van der Waals surface area contributed by atoms with Gasteiger partial charge in [-0.15, -0.1) is 0 Å². The third kappa shape index (κ3) is 3.68. The van der Waals surface area contributed by atoms with E-state index in [9.17, 15) is 0 Å². The van der Waals surface area contributed by atoms with Crippen molar-refractivity contribution < 1.29 is 4.74 Å². The summed E-state index contributed by atoms with van der Waals surface area (Å²) in [5, 5.41) is 3.21. The Bertz CT molecular complexity index is 356. The molecule has 1 fully saturated rings. The lowest BCUT2D eigenvalue weighted by Gasteiger charge is -2.35. The van der Waals surface area contributed by atoms with Crippen LogP contribution in [-0.4, -0.2) is 41.7 Å². The van der Waals surface area contributed by atoms with Crippen LogP contribution < -0.4 is 5.32 Å². The molecule has 1 aliphatic rings. The number of pyridine rings is 1. The minimum Gasteiger partial charge on any atom is -0.373 e. The molecule has 1 aliphatic heterocycles. The second-order valence-corrected chi connectivity index (χ2v) is 5.03. The van der Waals surface area contributed by atoms with Gasteiger partial charge in [0.1, 0.15) is 5.82 Å². The van der Waals surface area contributed by atoms with Gasteiger partial charge in [0, 0.05) is 32.4 Å². The van der Waals surface area contributed by atoms with E-state index in [-0.39, 0.29) is 0 Å². The van der Waals surface area contributed by atoms with E-state index in [0.717, 1.165) is 32.0 Å². The highest BCUT2D eigenvalue weighted by Gasteiger charge is 2.21. The zero-order valence-corrected chi connectivity index (χ0v) is 11.5. The highest BCUT2D eigenvalue weighted by atomic mass is 16.5. The molecule has 0 amide bonds. The first-order valence-corrected chi connectivity index (χ1v) is 6.74. The zero-order valence-electron chi connectivity index (χ0n) is 11.5. The van der Waals surface area contributed by atoms with Crippen molar-refractivity contribution in [2.45, 2.75) is 39.5 Å². The summed E-state index contributed by atoms with van der Waals surface area (Å²) < 4.78 is 5.74. The molecule has 18 heavy (non-hydrogen) atoms. The SMILES string of the molecule is CCNc1ccc(CN2C[C@@H](C)O[C@@H](C)C2)cn1. The molecule has 0 aromatic carbocycles. The Morgan fingerprint density at radius 3 is 2.61 bits per heavy atom. The summed E-state index contributed by atoms with van der Waals surface area (Å²) >= 11 is 0. The number of hydrogen-bond donors (Lipinski definition) is 1. The Morgan fingerprint density at radius 1 is 1.33 bits per heavy atom. The number of hydrogen-bond acceptors (Lipinski definition) is 4. The van der Waals surface area contributed by atoms with Gasteiger partial charge in [0.15, 0.2) is 0 Å². The van der Waals surface area contributed by atoms with Crippen LogP contribution in [0.3, 0.4) is 0 Å². The van der Waals surface area contributed by atoms with Crippen LogP contribution in [-0.2, 0) is 11.3 Å². The molecule has 0 spiro atoms. The van der Waals surface area contributed by atoms with Crippen molar-refractivity contribution in [2.75, 3.05) is 25.0 Å². The first-order chi connectivity index (χ1) is 8.67. The van der Waals surface area contributed by atoms with Crippen molar-refractivity contribution in [3.63, 3.8) is 0 Å². The maximum atomic E-state index is 5.74. The lowest BCUT2D eigenvalue weighted by atomic mass is 10.2. The lowest BCUT2D eigenvalue weighted by Crippen LogP contribution is -2.44. The molecule has 0 radical (unpaired) electrons. The Labute approximate surface area is 109 Å². The van der Waals surface area contributed by atoms with Gasteiger partial charge in [0.05, 0.1) is 12.2 Å². The molecule has 4 nitrogen and oxygen atoms in total. The van der Waals surface area contributed by atoms with Gasteiger partial charge >= 0.3 is 0 Å². The highest BCUT2D eigenvalue weighted by Crippen LogP contribution is 2.14. The summed E-state index contributed by atoms with van der Waals surface area (Å²) in [7, 11) is 0. The Morgan fingerprint density at radius 2 is 2.06 bits per heavy atom. The predicted molar refractivity (Wildman–Crippen MR) is 73.7 cm³/mol. The van der Waals surface area contributed by atoms with Gasteiger partial charge in [-0.05, 0) is 32.4 Å². The van der Waals surface area contributed by atoms with E-state index in [1.54, 1.807) is 0 Å². The molecule has 2 heterocycles. The lowest BCUT2D eigenvalue weighted by molar-refractivity contribution is -0.0705. The molecular weight excluding hydrogens is 226 g/mol. The van der Waals surface area contributed by atoms with Gasteiger partial charge in [0.2, 0.25) is 0 Å². The smallest absolute Gasteiger partial charge is 0.125 e. The summed E-state index contributed by atoms with van der Waals surface area (Å²) in [5.41, 5.74) is 1.26. The molecule has 1 aromatic heterocycles. The average molecular weight is 249 g/mol. The summed E-state index contributed by atoms with van der Waals surface area (Å²) in [4.78, 5) is 6.84. The molecule has 4 heteroatoms. The maximum Gasteiger partial charge on any atom is 0.125 e. The van der Waals surface area contributed by atoms with Crippen molar-refractivity contribution >= 4 is 5.82 Å². The fourth-order valence-corrected chi connectivity index (χ4v) is 2.48. The summed E-state index contributed by atoms with van der Waals surface area (Å²) in [5.74, 6) is 0.949. The minimum absolute atomic E-state index is 0.322. The number of nitrogens with one attached hydrogen (secondary N) is 1. The molecule has 0 bridgehead atoms. The predicted octanol–water partition coefficient (Wildman–Crippen LogP) is 2.12. The van der Waals surface area contributed by atoms with Gasteiger partial charge < -0.3 is 10.1 Å². The van der Waals surface area contributed by atoms with Crippen molar-refractivity contribution in [1.82, 2.24) is 9.88 Å². The van der Waals surface area contributed by atoms with Crippen LogP contribution in [0.5, 0.6) is 0 Å². The topological polar surface area (TPSA) is 37.4 Å². The molecule has 0 unspecified atom stereocenters. The molecule has 100 valence electrons. The Balaban J connectivity index is 1.92. The normalized spacial score (nSPS) is 25.1. The van der Waals surface area contributed by atoms with Crippen LogP contribution >= 0.6 is 0 Å². The maximum absolute atomic E-state index is 5.74. The van der Waals surface area contributed by atoms with E-state index in [0.29, 0.717) is 12.2 Å². The van der Waals surface area contributed by atoms with Gasteiger partial charge in [-0.25, -0.2) is 4.98 Å². The van der Waals surface area contributed by atoms with Gasteiger partial charge in [0.25, 0.3) is 0 Å². The van der Waals surface area contributed by atoms with Crippen LogP contribution in [0.4, 0.5) is 5.82 Å². The second-order valence-electron chi connectivity index (χ2n) is 5.03. The Hall–Kier alpha value is -1.13. The van der Waals surface area contributed by atoms with Gasteiger partial charge in [-0.2, -0.15) is 0 Å². The summed E-state index contributed by atoms with van der Waals surface area (Å²) in [6, 6.07) is 4.20. The third-order valence-electron chi connectivity index (χ3n) is 3.08. The van der Waals surface area contributed by atoms with Gasteiger partial charge in [-0.3, -0.25) is 4.90 Å². The second kappa shape index (κ2) is 6.16. The first kappa shape index (κ1) is 13.3. The van der Waals surface area contributed by atoms with Crippen molar-refractivity contribution in [3.05, 3.63) is 23.9 Å². The molecule has 1 saturated heterocycles. The fraction of sp³-hybridized carbons (Fsp3) is 0.643. The number of aromatic nitrogens is 1. The van der Waals surface area contributed by atoms with Crippen LogP contribution in [0.2, 0.25) is 0 Å². The number of anilines is 1. The molecule has 2 rings (SSSR count). The molecule has 2 atom stereocenters. The number of rotatable bonds is 4. The van der Waals surface area contributed by atoms with Crippen LogP contribution in [0.25, 0.3) is 0 Å². The number of ether oxygens (including phenoxy) is 1. The zero-order chi connectivity index (χ0) is 13.0. The summed E-state index contributed by atoms with van der Waals surface area (Å²) in [6.07, 6.45) is 2.61. The highest BCUT2D eigenvalue weighted by molar-refractivity contribution is 5.35. The van der Waals surface area contributed by atoms with Gasteiger partial charge in [-0.1, -0.05) is 6.07 Å². The van der Waals surface area contributed by atoms with E-state index in [1.165, 1.54) is 5.56 Å². The van der Waals surface area contributed by atoms with Crippen molar-refractivity contribution in [3.8, 4) is 0 Å².